The summed E-state index contributed by atoms with van der Waals surface area (Å²) < 4.78 is 32.3. The quantitative estimate of drug-likeness (QED) is 0.765. The number of nitrogens with zero attached hydrogens (tertiary/aromatic N) is 2. The van der Waals surface area contributed by atoms with Crippen molar-refractivity contribution in [3.63, 3.8) is 0 Å². The van der Waals surface area contributed by atoms with Gasteiger partial charge in [-0.3, -0.25) is 9.69 Å². The van der Waals surface area contributed by atoms with Gasteiger partial charge in [0.05, 0.1) is 0 Å². The van der Waals surface area contributed by atoms with Gasteiger partial charge in [0.1, 0.15) is 12.9 Å². The van der Waals surface area contributed by atoms with Crippen LogP contribution in [0.3, 0.4) is 0 Å². The molecule has 0 radical (unpaired) electrons. The van der Waals surface area contributed by atoms with E-state index in [1.54, 1.807) is 0 Å². The predicted octanol–water partition coefficient (Wildman–Crippen LogP) is 1.40. The van der Waals surface area contributed by atoms with Crippen molar-refractivity contribution in [1.82, 2.24) is 9.80 Å². The third-order valence-electron chi connectivity index (χ3n) is 3.41. The maximum absolute atomic E-state index is 13.6. The zero-order valence-corrected chi connectivity index (χ0v) is 11.4. The normalized spacial score (nSPS) is 17.1. The van der Waals surface area contributed by atoms with Crippen molar-refractivity contribution in [3.05, 3.63) is 29.3 Å². The van der Waals surface area contributed by atoms with Crippen molar-refractivity contribution >= 4 is 6.29 Å². The molecule has 20 heavy (non-hydrogen) atoms. The Balaban J connectivity index is 1.86. The van der Waals surface area contributed by atoms with E-state index in [2.05, 4.69) is 16.8 Å². The van der Waals surface area contributed by atoms with Crippen LogP contribution in [0, 0.1) is 11.6 Å². The Morgan fingerprint density at radius 3 is 2.35 bits per heavy atom. The lowest BCUT2D eigenvalue weighted by Gasteiger charge is -2.32. The maximum atomic E-state index is 13.6. The summed E-state index contributed by atoms with van der Waals surface area (Å²) in [5, 5.41) is 0. The molecular weight excluding hydrogens is 266 g/mol. The first kappa shape index (κ1) is 14.9. The summed E-state index contributed by atoms with van der Waals surface area (Å²) in [6.07, 6.45) is 0.403. The SMILES string of the molecule is CN1CCN(CCOc2c(F)cc(C=O)cc2F)CC1. The number of carbonyl (C=O) groups is 1. The smallest absolute Gasteiger partial charge is 0.190 e. The molecule has 1 aromatic rings. The van der Waals surface area contributed by atoms with E-state index in [0.717, 1.165) is 38.3 Å². The molecule has 1 heterocycles. The summed E-state index contributed by atoms with van der Waals surface area (Å²) in [6.45, 7) is 4.66. The van der Waals surface area contributed by atoms with E-state index >= 15 is 0 Å². The largest absolute Gasteiger partial charge is 0.486 e. The van der Waals surface area contributed by atoms with Gasteiger partial charge in [-0.1, -0.05) is 0 Å². The lowest BCUT2D eigenvalue weighted by atomic mass is 10.2. The monoisotopic (exact) mass is 284 g/mol. The summed E-state index contributed by atoms with van der Waals surface area (Å²) in [5.74, 6) is -2.10. The Kier molecular flexibility index (Phi) is 5.03. The Hall–Kier alpha value is -1.53. The van der Waals surface area contributed by atoms with Crippen LogP contribution >= 0.6 is 0 Å². The highest BCUT2D eigenvalue weighted by Gasteiger charge is 2.15. The molecule has 0 N–H and O–H groups in total. The number of ether oxygens (including phenoxy) is 1. The molecular formula is C14H18F2N2O2. The first-order valence-corrected chi connectivity index (χ1v) is 6.58. The molecule has 1 aromatic carbocycles. The van der Waals surface area contributed by atoms with Crippen LogP contribution in [0.15, 0.2) is 12.1 Å². The molecule has 6 heteroatoms. The zero-order chi connectivity index (χ0) is 14.5. The lowest BCUT2D eigenvalue weighted by Crippen LogP contribution is -2.45. The van der Waals surface area contributed by atoms with E-state index in [-0.39, 0.29) is 12.2 Å². The summed E-state index contributed by atoms with van der Waals surface area (Å²) in [6, 6.07) is 1.95. The van der Waals surface area contributed by atoms with E-state index in [9.17, 15) is 13.6 Å². The third-order valence-corrected chi connectivity index (χ3v) is 3.41. The second-order valence-corrected chi connectivity index (χ2v) is 4.92. The molecule has 0 bridgehead atoms. The highest BCUT2D eigenvalue weighted by Crippen LogP contribution is 2.22. The second kappa shape index (κ2) is 6.76. The molecule has 1 fully saturated rings. The van der Waals surface area contributed by atoms with Gasteiger partial charge in [-0.05, 0) is 19.2 Å². The van der Waals surface area contributed by atoms with Crippen molar-refractivity contribution in [1.29, 1.82) is 0 Å². The molecule has 4 nitrogen and oxygen atoms in total. The zero-order valence-electron chi connectivity index (χ0n) is 11.4. The van der Waals surface area contributed by atoms with Gasteiger partial charge in [0.2, 0.25) is 0 Å². The first-order chi connectivity index (χ1) is 9.60. The minimum Gasteiger partial charge on any atom is -0.486 e. The lowest BCUT2D eigenvalue weighted by molar-refractivity contribution is 0.112. The van der Waals surface area contributed by atoms with E-state index in [4.69, 9.17) is 4.74 Å². The van der Waals surface area contributed by atoms with Crippen molar-refractivity contribution in [2.24, 2.45) is 0 Å². The van der Waals surface area contributed by atoms with Crippen molar-refractivity contribution in [2.75, 3.05) is 46.4 Å². The van der Waals surface area contributed by atoms with Crippen LogP contribution in [0.5, 0.6) is 5.75 Å². The van der Waals surface area contributed by atoms with Gasteiger partial charge in [-0.2, -0.15) is 0 Å². The molecule has 1 aliphatic heterocycles. The second-order valence-electron chi connectivity index (χ2n) is 4.92. The molecule has 0 atom stereocenters. The molecule has 0 aliphatic carbocycles. The highest BCUT2D eigenvalue weighted by molar-refractivity contribution is 5.75. The maximum Gasteiger partial charge on any atom is 0.190 e. The van der Waals surface area contributed by atoms with E-state index < -0.39 is 17.4 Å². The standard InChI is InChI=1S/C14H18F2N2O2/c1-17-2-4-18(5-3-17)6-7-20-14-12(15)8-11(10-19)9-13(14)16/h8-10H,2-7H2,1H3. The van der Waals surface area contributed by atoms with Crippen LogP contribution in [0.2, 0.25) is 0 Å². The summed E-state index contributed by atoms with van der Waals surface area (Å²) >= 11 is 0. The third kappa shape index (κ3) is 3.74. The van der Waals surface area contributed by atoms with Gasteiger partial charge in [-0.25, -0.2) is 8.78 Å². The van der Waals surface area contributed by atoms with Gasteiger partial charge in [0.15, 0.2) is 17.4 Å². The van der Waals surface area contributed by atoms with Crippen LogP contribution in [-0.2, 0) is 0 Å². The summed E-state index contributed by atoms with van der Waals surface area (Å²) in [4.78, 5) is 14.9. The number of carbonyl (C=O) groups excluding carboxylic acids is 1. The summed E-state index contributed by atoms with van der Waals surface area (Å²) in [7, 11) is 2.06. The van der Waals surface area contributed by atoms with Crippen LogP contribution in [0.4, 0.5) is 8.78 Å². The molecule has 1 aliphatic rings. The number of rotatable bonds is 5. The van der Waals surface area contributed by atoms with Crippen molar-refractivity contribution < 1.29 is 18.3 Å². The number of likely N-dealkylation sites (N-methyl/N-ethyl adjacent to an activating group) is 1. The first-order valence-electron chi connectivity index (χ1n) is 6.58. The molecule has 0 amide bonds. The van der Waals surface area contributed by atoms with Gasteiger partial charge >= 0.3 is 0 Å². The van der Waals surface area contributed by atoms with E-state index in [1.807, 2.05) is 0 Å². The molecule has 0 spiro atoms. The van der Waals surface area contributed by atoms with E-state index in [1.165, 1.54) is 0 Å². The summed E-state index contributed by atoms with van der Waals surface area (Å²) in [5.41, 5.74) is -0.0357. The minimum absolute atomic E-state index is 0.0357. The fourth-order valence-corrected chi connectivity index (χ4v) is 2.13. The molecule has 0 aromatic heterocycles. The van der Waals surface area contributed by atoms with Crippen LogP contribution in [-0.4, -0.2) is 62.5 Å². The molecule has 2 rings (SSSR count). The number of aldehydes is 1. The molecule has 110 valence electrons. The van der Waals surface area contributed by atoms with Crippen LogP contribution in [0.25, 0.3) is 0 Å². The van der Waals surface area contributed by atoms with Gasteiger partial charge in [-0.15, -0.1) is 0 Å². The Morgan fingerprint density at radius 1 is 1.20 bits per heavy atom. The fourth-order valence-electron chi connectivity index (χ4n) is 2.13. The Morgan fingerprint density at radius 2 is 1.80 bits per heavy atom. The van der Waals surface area contributed by atoms with Crippen molar-refractivity contribution in [3.8, 4) is 5.75 Å². The average Bonchev–Trinajstić information content (AvgIpc) is 2.43. The number of halogens is 2. The highest BCUT2D eigenvalue weighted by atomic mass is 19.1. The Bertz CT molecular complexity index is 451. The number of benzene rings is 1. The van der Waals surface area contributed by atoms with E-state index in [0.29, 0.717) is 12.8 Å². The minimum atomic E-state index is -0.842. The molecule has 0 saturated carbocycles. The number of hydrogen-bond donors (Lipinski definition) is 0. The van der Waals surface area contributed by atoms with Gasteiger partial charge in [0.25, 0.3) is 0 Å². The predicted molar refractivity (Wildman–Crippen MR) is 71.2 cm³/mol. The van der Waals surface area contributed by atoms with Gasteiger partial charge < -0.3 is 9.64 Å². The Labute approximate surface area is 116 Å². The number of hydrogen-bond acceptors (Lipinski definition) is 4. The van der Waals surface area contributed by atoms with Crippen LogP contribution < -0.4 is 4.74 Å². The van der Waals surface area contributed by atoms with Crippen LogP contribution in [0.1, 0.15) is 10.4 Å². The molecule has 0 unspecified atom stereocenters. The molecule has 1 saturated heterocycles. The van der Waals surface area contributed by atoms with Crippen molar-refractivity contribution in [2.45, 2.75) is 0 Å². The number of piperazine rings is 1. The average molecular weight is 284 g/mol. The topological polar surface area (TPSA) is 32.8 Å². The van der Waals surface area contributed by atoms with Gasteiger partial charge in [0, 0.05) is 38.3 Å². The fraction of sp³-hybridized carbons (Fsp3) is 0.500.